The first-order valence-electron chi connectivity index (χ1n) is 7.24. The molecule has 0 bridgehead atoms. The van der Waals surface area contributed by atoms with Crippen LogP contribution in [0.1, 0.15) is 46.5 Å². The summed E-state index contributed by atoms with van der Waals surface area (Å²) in [5, 5.41) is 0. The van der Waals surface area contributed by atoms with Crippen molar-refractivity contribution >= 4 is 5.91 Å². The molecular weight excluding hydrogens is 240 g/mol. The first kappa shape index (κ1) is 16.4. The van der Waals surface area contributed by atoms with Crippen LogP contribution in [0, 0.1) is 11.3 Å². The van der Waals surface area contributed by atoms with Crippen molar-refractivity contribution in [1.82, 2.24) is 4.90 Å². The Morgan fingerprint density at radius 2 is 1.84 bits per heavy atom. The molecule has 1 aliphatic rings. The van der Waals surface area contributed by atoms with E-state index in [1.807, 2.05) is 0 Å². The Labute approximate surface area is 117 Å². The average molecular weight is 270 g/mol. The summed E-state index contributed by atoms with van der Waals surface area (Å²) >= 11 is 0. The molecule has 0 aliphatic heterocycles. The molecule has 0 aromatic carbocycles. The molecule has 0 aromatic heterocycles. The smallest absolute Gasteiger partial charge is 0.248 e. The van der Waals surface area contributed by atoms with Gasteiger partial charge in [0.25, 0.3) is 0 Å². The summed E-state index contributed by atoms with van der Waals surface area (Å²) in [5.41, 5.74) is 5.97. The summed E-state index contributed by atoms with van der Waals surface area (Å²) in [7, 11) is 3.49. The number of amides is 1. The van der Waals surface area contributed by atoms with Crippen LogP contribution < -0.4 is 5.73 Å². The summed E-state index contributed by atoms with van der Waals surface area (Å²) in [6, 6.07) is 0. The molecule has 0 radical (unpaired) electrons. The zero-order valence-corrected chi connectivity index (χ0v) is 13.2. The van der Waals surface area contributed by atoms with E-state index in [4.69, 9.17) is 10.5 Å². The van der Waals surface area contributed by atoms with Crippen LogP contribution in [0.25, 0.3) is 0 Å². The molecular formula is C15H30N2O2. The molecule has 0 unspecified atom stereocenters. The first-order valence-corrected chi connectivity index (χ1v) is 7.24. The maximum atomic E-state index is 11.6. The van der Waals surface area contributed by atoms with Crippen molar-refractivity contribution in [1.29, 1.82) is 0 Å². The molecule has 1 saturated carbocycles. The van der Waals surface area contributed by atoms with Gasteiger partial charge in [-0.1, -0.05) is 20.8 Å². The van der Waals surface area contributed by atoms with Crippen LogP contribution >= 0.6 is 0 Å². The number of hydrogen-bond donors (Lipinski definition) is 1. The fourth-order valence-corrected chi connectivity index (χ4v) is 2.76. The highest BCUT2D eigenvalue weighted by molar-refractivity contribution is 5.76. The van der Waals surface area contributed by atoms with Crippen LogP contribution in [0.3, 0.4) is 0 Å². The highest BCUT2D eigenvalue weighted by Gasteiger charge is 2.39. The highest BCUT2D eigenvalue weighted by Crippen LogP contribution is 2.42. The minimum Gasteiger partial charge on any atom is -0.364 e. The number of hydrogen-bond acceptors (Lipinski definition) is 3. The second-order valence-electron chi connectivity index (χ2n) is 7.10. The molecule has 1 rings (SSSR count). The third-order valence-electron chi connectivity index (χ3n) is 4.49. The SMILES string of the molecule is CN(C)C(=O)COC1(CN)CCC(C(C)(C)C)CC1. The number of carbonyl (C=O) groups excluding carboxylic acids is 1. The summed E-state index contributed by atoms with van der Waals surface area (Å²) in [6.07, 6.45) is 4.20. The van der Waals surface area contributed by atoms with Gasteiger partial charge in [0.05, 0.1) is 5.60 Å². The number of likely N-dealkylation sites (N-methyl/N-ethyl adjacent to an activating group) is 1. The normalized spacial score (nSPS) is 28.2. The van der Waals surface area contributed by atoms with Gasteiger partial charge in [0, 0.05) is 20.6 Å². The van der Waals surface area contributed by atoms with E-state index in [9.17, 15) is 4.79 Å². The summed E-state index contributed by atoms with van der Waals surface area (Å²) in [6.45, 7) is 7.53. The average Bonchev–Trinajstić information content (AvgIpc) is 2.35. The van der Waals surface area contributed by atoms with Gasteiger partial charge < -0.3 is 15.4 Å². The third-order valence-corrected chi connectivity index (χ3v) is 4.49. The molecule has 19 heavy (non-hydrogen) atoms. The molecule has 1 aliphatic carbocycles. The molecule has 112 valence electrons. The number of rotatable bonds is 4. The van der Waals surface area contributed by atoms with Gasteiger partial charge in [0.2, 0.25) is 5.91 Å². The van der Waals surface area contributed by atoms with Crippen molar-refractivity contribution in [3.63, 3.8) is 0 Å². The lowest BCUT2D eigenvalue weighted by Crippen LogP contribution is -2.47. The summed E-state index contributed by atoms with van der Waals surface area (Å²) in [4.78, 5) is 13.2. The monoisotopic (exact) mass is 270 g/mol. The zero-order chi connectivity index (χ0) is 14.7. The summed E-state index contributed by atoms with van der Waals surface area (Å²) < 4.78 is 5.89. The van der Waals surface area contributed by atoms with Gasteiger partial charge in [0.15, 0.2) is 0 Å². The minimum absolute atomic E-state index is 0.00534. The standard InChI is InChI=1S/C15H30N2O2/c1-14(2,3)12-6-8-15(11-16,9-7-12)19-10-13(18)17(4)5/h12H,6-11,16H2,1-5H3. The predicted molar refractivity (Wildman–Crippen MR) is 77.8 cm³/mol. The van der Waals surface area contributed by atoms with Crippen LogP contribution in [0.15, 0.2) is 0 Å². The van der Waals surface area contributed by atoms with E-state index in [0.29, 0.717) is 12.0 Å². The molecule has 4 heteroatoms. The molecule has 1 fully saturated rings. The van der Waals surface area contributed by atoms with Crippen molar-refractivity contribution < 1.29 is 9.53 Å². The maximum absolute atomic E-state index is 11.6. The van der Waals surface area contributed by atoms with Gasteiger partial charge >= 0.3 is 0 Å². The molecule has 0 heterocycles. The highest BCUT2D eigenvalue weighted by atomic mass is 16.5. The third kappa shape index (κ3) is 4.46. The molecule has 0 spiro atoms. The largest absolute Gasteiger partial charge is 0.364 e. The Balaban J connectivity index is 2.53. The van der Waals surface area contributed by atoms with E-state index in [1.165, 1.54) is 0 Å². The lowest BCUT2D eigenvalue weighted by atomic mass is 9.68. The van der Waals surface area contributed by atoms with Crippen molar-refractivity contribution in [2.75, 3.05) is 27.2 Å². The number of ether oxygens (including phenoxy) is 1. The van der Waals surface area contributed by atoms with Crippen LogP contribution in [0.2, 0.25) is 0 Å². The van der Waals surface area contributed by atoms with Gasteiger partial charge in [-0.2, -0.15) is 0 Å². The number of nitrogens with two attached hydrogens (primary N) is 1. The van der Waals surface area contributed by atoms with E-state index in [-0.39, 0.29) is 18.1 Å². The van der Waals surface area contributed by atoms with E-state index in [2.05, 4.69) is 20.8 Å². The second-order valence-corrected chi connectivity index (χ2v) is 7.10. The topological polar surface area (TPSA) is 55.6 Å². The van der Waals surface area contributed by atoms with E-state index >= 15 is 0 Å². The Kier molecular flexibility index (Phi) is 5.39. The fourth-order valence-electron chi connectivity index (χ4n) is 2.76. The van der Waals surface area contributed by atoms with Crippen molar-refractivity contribution in [2.24, 2.45) is 17.1 Å². The van der Waals surface area contributed by atoms with Crippen LogP contribution in [-0.2, 0) is 9.53 Å². The Hall–Kier alpha value is -0.610. The van der Waals surface area contributed by atoms with Gasteiger partial charge in [-0.3, -0.25) is 4.79 Å². The molecule has 0 atom stereocenters. The zero-order valence-electron chi connectivity index (χ0n) is 13.2. The molecule has 4 nitrogen and oxygen atoms in total. The van der Waals surface area contributed by atoms with Crippen molar-refractivity contribution in [3.05, 3.63) is 0 Å². The number of carbonyl (C=O) groups is 1. The van der Waals surface area contributed by atoms with Crippen LogP contribution in [-0.4, -0.2) is 43.7 Å². The maximum Gasteiger partial charge on any atom is 0.248 e. The van der Waals surface area contributed by atoms with Gasteiger partial charge in [-0.15, -0.1) is 0 Å². The summed E-state index contributed by atoms with van der Waals surface area (Å²) in [5.74, 6) is 0.728. The Morgan fingerprint density at radius 1 is 1.32 bits per heavy atom. The van der Waals surface area contributed by atoms with Crippen molar-refractivity contribution in [3.8, 4) is 0 Å². The Morgan fingerprint density at radius 3 is 2.21 bits per heavy atom. The van der Waals surface area contributed by atoms with Crippen LogP contribution in [0.4, 0.5) is 0 Å². The second kappa shape index (κ2) is 6.23. The molecule has 2 N–H and O–H groups in total. The van der Waals surface area contributed by atoms with Gasteiger partial charge in [0.1, 0.15) is 6.61 Å². The quantitative estimate of drug-likeness (QED) is 0.850. The fraction of sp³-hybridized carbons (Fsp3) is 0.933. The van der Waals surface area contributed by atoms with Crippen molar-refractivity contribution in [2.45, 2.75) is 52.1 Å². The van der Waals surface area contributed by atoms with E-state index < -0.39 is 0 Å². The lowest BCUT2D eigenvalue weighted by molar-refractivity contribution is -0.144. The molecule has 1 amide bonds. The first-order chi connectivity index (χ1) is 8.70. The number of nitrogens with zero attached hydrogens (tertiary/aromatic N) is 1. The lowest BCUT2D eigenvalue weighted by Gasteiger charge is -2.43. The minimum atomic E-state index is -0.284. The Bertz CT molecular complexity index is 300. The van der Waals surface area contributed by atoms with E-state index in [1.54, 1.807) is 19.0 Å². The van der Waals surface area contributed by atoms with Crippen LogP contribution in [0.5, 0.6) is 0 Å². The van der Waals surface area contributed by atoms with E-state index in [0.717, 1.165) is 31.6 Å². The molecule has 0 saturated heterocycles. The van der Waals surface area contributed by atoms with Gasteiger partial charge in [-0.25, -0.2) is 0 Å². The predicted octanol–water partition coefficient (Wildman–Crippen LogP) is 2.02. The van der Waals surface area contributed by atoms with Gasteiger partial charge in [-0.05, 0) is 37.0 Å². The molecule has 0 aromatic rings.